The van der Waals surface area contributed by atoms with Crippen molar-refractivity contribution in [1.29, 1.82) is 5.26 Å². The molecule has 0 unspecified atom stereocenters. The largest absolute Gasteiger partial charge is 0.382 e. The third kappa shape index (κ3) is 7.14. The van der Waals surface area contributed by atoms with Gasteiger partial charge in [-0.2, -0.15) is 5.26 Å². The summed E-state index contributed by atoms with van der Waals surface area (Å²) in [5, 5.41) is 15.3. The van der Waals surface area contributed by atoms with Gasteiger partial charge in [-0.05, 0) is 49.2 Å². The lowest BCUT2D eigenvalue weighted by Crippen LogP contribution is -2.32. The van der Waals surface area contributed by atoms with Crippen molar-refractivity contribution in [3.8, 4) is 6.07 Å². The molecule has 2 N–H and O–H groups in total. The van der Waals surface area contributed by atoms with Crippen molar-refractivity contribution in [3.05, 3.63) is 54.6 Å². The van der Waals surface area contributed by atoms with E-state index in [1.807, 2.05) is 54.6 Å². The predicted octanol–water partition coefficient (Wildman–Crippen LogP) is 5.10. The summed E-state index contributed by atoms with van der Waals surface area (Å²) in [6.07, 6.45) is 6.73. The third-order valence-electron chi connectivity index (χ3n) is 5.53. The number of carbonyl (C=O) groups excluding carboxylic acids is 2. The average molecular weight is 419 g/mol. The van der Waals surface area contributed by atoms with E-state index in [2.05, 4.69) is 16.7 Å². The van der Waals surface area contributed by atoms with Crippen molar-refractivity contribution in [1.82, 2.24) is 0 Å². The van der Waals surface area contributed by atoms with Crippen molar-refractivity contribution in [3.63, 3.8) is 0 Å². The molecule has 162 valence electrons. The van der Waals surface area contributed by atoms with Crippen molar-refractivity contribution >= 4 is 28.9 Å². The van der Waals surface area contributed by atoms with E-state index in [1.165, 1.54) is 32.1 Å². The van der Waals surface area contributed by atoms with Crippen LogP contribution in [0.5, 0.6) is 0 Å². The van der Waals surface area contributed by atoms with Gasteiger partial charge in [-0.15, -0.1) is 0 Å². The highest BCUT2D eigenvalue weighted by molar-refractivity contribution is 5.98. The Hall–Kier alpha value is -3.33. The van der Waals surface area contributed by atoms with E-state index in [0.717, 1.165) is 17.1 Å². The van der Waals surface area contributed by atoms with E-state index >= 15 is 0 Å². The summed E-state index contributed by atoms with van der Waals surface area (Å²) >= 11 is 0. The molecule has 1 aliphatic carbocycles. The number of nitrogens with one attached hydrogen (secondary N) is 2. The van der Waals surface area contributed by atoms with Gasteiger partial charge in [0.15, 0.2) is 0 Å². The van der Waals surface area contributed by atoms with Gasteiger partial charge in [0.05, 0.1) is 12.5 Å². The minimum Gasteiger partial charge on any atom is -0.382 e. The molecule has 31 heavy (non-hydrogen) atoms. The molecule has 2 amide bonds. The van der Waals surface area contributed by atoms with Crippen LogP contribution < -0.4 is 15.5 Å². The highest BCUT2D eigenvalue weighted by atomic mass is 16.2. The van der Waals surface area contributed by atoms with E-state index in [1.54, 1.807) is 4.90 Å². The molecule has 1 saturated carbocycles. The zero-order chi connectivity index (χ0) is 21.9. The van der Waals surface area contributed by atoms with Gasteiger partial charge >= 0.3 is 0 Å². The van der Waals surface area contributed by atoms with Crippen LogP contribution in [0.4, 0.5) is 17.1 Å². The Morgan fingerprint density at radius 1 is 0.935 bits per heavy atom. The number of amides is 2. The molecule has 0 aliphatic heterocycles. The van der Waals surface area contributed by atoms with Crippen LogP contribution in [0.15, 0.2) is 54.6 Å². The van der Waals surface area contributed by atoms with E-state index < -0.39 is 0 Å². The normalized spacial score (nSPS) is 13.8. The molecule has 3 rings (SSSR count). The van der Waals surface area contributed by atoms with Crippen LogP contribution in [0, 0.1) is 11.3 Å². The van der Waals surface area contributed by atoms with Crippen LogP contribution in [-0.4, -0.2) is 24.4 Å². The average Bonchev–Trinajstić information content (AvgIpc) is 2.81. The smallest absolute Gasteiger partial charge is 0.227 e. The van der Waals surface area contributed by atoms with Gasteiger partial charge in [0.1, 0.15) is 0 Å². The quantitative estimate of drug-likeness (QED) is 0.593. The Bertz CT molecular complexity index is 884. The SMILES string of the molecule is N#CCCN(C(=O)CCC(=O)Nc1ccc(NC2CCCCC2)cc1)c1ccccc1. The van der Waals surface area contributed by atoms with Crippen molar-refractivity contribution in [2.24, 2.45) is 0 Å². The molecule has 0 saturated heterocycles. The lowest BCUT2D eigenvalue weighted by molar-refractivity contribution is -0.122. The van der Waals surface area contributed by atoms with Crippen molar-refractivity contribution < 1.29 is 9.59 Å². The number of hydrogen-bond acceptors (Lipinski definition) is 4. The van der Waals surface area contributed by atoms with Gasteiger partial charge in [0, 0.05) is 42.5 Å². The maximum Gasteiger partial charge on any atom is 0.227 e. The zero-order valence-electron chi connectivity index (χ0n) is 17.8. The molecule has 6 nitrogen and oxygen atoms in total. The highest BCUT2D eigenvalue weighted by Crippen LogP contribution is 2.23. The van der Waals surface area contributed by atoms with Crippen LogP contribution in [0.2, 0.25) is 0 Å². The number of anilines is 3. The number of hydrogen-bond donors (Lipinski definition) is 2. The fraction of sp³-hybridized carbons (Fsp3) is 0.400. The predicted molar refractivity (Wildman–Crippen MR) is 124 cm³/mol. The third-order valence-corrected chi connectivity index (χ3v) is 5.53. The molecule has 0 heterocycles. The molecule has 1 fully saturated rings. The number of rotatable bonds is 9. The molecule has 6 heteroatoms. The summed E-state index contributed by atoms with van der Waals surface area (Å²) in [5.41, 5.74) is 2.52. The molecular weight excluding hydrogens is 388 g/mol. The Morgan fingerprint density at radius 3 is 2.29 bits per heavy atom. The maximum absolute atomic E-state index is 12.7. The first-order chi connectivity index (χ1) is 15.2. The van der Waals surface area contributed by atoms with E-state index in [9.17, 15) is 9.59 Å². The lowest BCUT2D eigenvalue weighted by atomic mass is 9.95. The topological polar surface area (TPSA) is 85.2 Å². The molecule has 2 aromatic carbocycles. The monoisotopic (exact) mass is 418 g/mol. The first-order valence-electron chi connectivity index (χ1n) is 11.0. The lowest BCUT2D eigenvalue weighted by Gasteiger charge is -2.24. The summed E-state index contributed by atoms with van der Waals surface area (Å²) in [6.45, 7) is 0.316. The van der Waals surface area contributed by atoms with Crippen LogP contribution in [-0.2, 0) is 9.59 Å². The zero-order valence-corrected chi connectivity index (χ0v) is 17.8. The Morgan fingerprint density at radius 2 is 1.61 bits per heavy atom. The molecule has 0 aromatic heterocycles. The van der Waals surface area contributed by atoms with Crippen molar-refractivity contribution in [2.45, 2.75) is 57.4 Å². The van der Waals surface area contributed by atoms with Crippen LogP contribution in [0.3, 0.4) is 0 Å². The minimum atomic E-state index is -0.199. The molecular formula is C25H30N4O2. The Kier molecular flexibility index (Phi) is 8.48. The summed E-state index contributed by atoms with van der Waals surface area (Å²) in [4.78, 5) is 26.6. The van der Waals surface area contributed by atoms with E-state index in [4.69, 9.17) is 5.26 Å². The Labute approximate surface area is 184 Å². The maximum atomic E-state index is 12.7. The number of nitrogens with zero attached hydrogens (tertiary/aromatic N) is 2. The minimum absolute atomic E-state index is 0.0907. The number of benzene rings is 2. The second-order valence-electron chi connectivity index (χ2n) is 7.89. The molecule has 0 atom stereocenters. The van der Waals surface area contributed by atoms with E-state index in [0.29, 0.717) is 12.6 Å². The Balaban J connectivity index is 1.48. The van der Waals surface area contributed by atoms with Gasteiger partial charge < -0.3 is 15.5 Å². The highest BCUT2D eigenvalue weighted by Gasteiger charge is 2.17. The van der Waals surface area contributed by atoms with Gasteiger partial charge in [0.25, 0.3) is 0 Å². The molecule has 0 radical (unpaired) electrons. The van der Waals surface area contributed by atoms with Gasteiger partial charge in [-0.3, -0.25) is 9.59 Å². The number of para-hydroxylation sites is 1. The summed E-state index contributed by atoms with van der Waals surface area (Å²) in [6, 6.07) is 19.6. The van der Waals surface area contributed by atoms with Gasteiger partial charge in [-0.25, -0.2) is 0 Å². The molecule has 0 spiro atoms. The van der Waals surface area contributed by atoms with Crippen LogP contribution in [0.1, 0.15) is 51.4 Å². The molecule has 0 bridgehead atoms. The molecule has 2 aromatic rings. The second kappa shape index (κ2) is 11.8. The summed E-state index contributed by atoms with van der Waals surface area (Å²) in [5.74, 6) is -0.363. The first kappa shape index (κ1) is 22.4. The fourth-order valence-electron chi connectivity index (χ4n) is 3.88. The first-order valence-corrected chi connectivity index (χ1v) is 11.0. The van der Waals surface area contributed by atoms with E-state index in [-0.39, 0.29) is 31.1 Å². The van der Waals surface area contributed by atoms with Crippen LogP contribution in [0.25, 0.3) is 0 Å². The van der Waals surface area contributed by atoms with Crippen molar-refractivity contribution in [2.75, 3.05) is 22.1 Å². The van der Waals surface area contributed by atoms with Gasteiger partial charge in [0.2, 0.25) is 11.8 Å². The number of carbonyl (C=O) groups is 2. The van der Waals surface area contributed by atoms with Gasteiger partial charge in [-0.1, -0.05) is 37.5 Å². The molecule has 1 aliphatic rings. The number of nitriles is 1. The summed E-state index contributed by atoms with van der Waals surface area (Å²) < 4.78 is 0. The summed E-state index contributed by atoms with van der Waals surface area (Å²) in [7, 11) is 0. The fourth-order valence-corrected chi connectivity index (χ4v) is 3.88. The standard InChI is InChI=1S/C25H30N4O2/c26-18-7-19-29(23-10-5-2-6-11-23)25(31)17-16-24(30)28-22-14-12-21(13-15-22)27-20-8-3-1-4-9-20/h2,5-6,10-15,20,27H,1,3-4,7-9,16-17,19H2,(H,28,30). The van der Waals surface area contributed by atoms with Crippen LogP contribution >= 0.6 is 0 Å². The second-order valence-corrected chi connectivity index (χ2v) is 7.89.